The van der Waals surface area contributed by atoms with Crippen molar-refractivity contribution in [2.45, 2.75) is 66.1 Å². The molecule has 2 aliphatic rings. The standard InChI is InChI=1S/C14H21N3O.C2H4O2/c1-9-15-12-8-17(7-11(12)13(18)16-9)10-4-5-14(2,3)6-10;1-2(3)4/h10H,4-8H2,1-3H3,(H,15,16,18);1H3,(H,3,4). The van der Waals surface area contributed by atoms with Gasteiger partial charge in [0.25, 0.3) is 11.5 Å². The fourth-order valence-corrected chi connectivity index (χ4v) is 3.38. The molecule has 1 aliphatic carbocycles. The fourth-order valence-electron chi connectivity index (χ4n) is 3.38. The molecule has 0 radical (unpaired) electrons. The highest BCUT2D eigenvalue weighted by molar-refractivity contribution is 5.62. The van der Waals surface area contributed by atoms with Crippen molar-refractivity contribution >= 4 is 5.97 Å². The predicted octanol–water partition coefficient (Wildman–Crippen LogP) is 2.06. The van der Waals surface area contributed by atoms with Crippen LogP contribution in [-0.2, 0) is 17.9 Å². The van der Waals surface area contributed by atoms with E-state index in [2.05, 4.69) is 28.7 Å². The molecule has 0 spiro atoms. The first-order chi connectivity index (χ1) is 10.2. The number of nitrogens with zero attached hydrogens (tertiary/aromatic N) is 2. The van der Waals surface area contributed by atoms with E-state index in [4.69, 9.17) is 9.90 Å². The lowest BCUT2D eigenvalue weighted by atomic mass is 9.91. The van der Waals surface area contributed by atoms with Crippen molar-refractivity contribution < 1.29 is 9.90 Å². The first-order valence-corrected chi connectivity index (χ1v) is 7.70. The SMILES string of the molecule is CC(=O)O.Cc1nc2c(c(=O)[nH]1)CN(C1CCC(C)(C)C1)C2. The van der Waals surface area contributed by atoms with E-state index in [1.54, 1.807) is 0 Å². The molecule has 1 fully saturated rings. The van der Waals surface area contributed by atoms with Gasteiger partial charge in [-0.3, -0.25) is 14.5 Å². The summed E-state index contributed by atoms with van der Waals surface area (Å²) in [7, 11) is 0. The van der Waals surface area contributed by atoms with E-state index in [-0.39, 0.29) is 5.56 Å². The number of carbonyl (C=O) groups is 1. The monoisotopic (exact) mass is 307 g/mol. The number of H-pyrrole nitrogens is 1. The van der Waals surface area contributed by atoms with Gasteiger partial charge in [0.15, 0.2) is 0 Å². The van der Waals surface area contributed by atoms with Crippen molar-refractivity contribution in [3.63, 3.8) is 0 Å². The molecular weight excluding hydrogens is 282 g/mol. The van der Waals surface area contributed by atoms with Crippen LogP contribution < -0.4 is 5.56 Å². The molecule has 1 atom stereocenters. The van der Waals surface area contributed by atoms with Crippen LogP contribution in [-0.4, -0.2) is 32.0 Å². The Morgan fingerprint density at radius 1 is 1.41 bits per heavy atom. The Labute approximate surface area is 130 Å². The molecule has 0 aromatic carbocycles. The third kappa shape index (κ3) is 3.94. The maximum absolute atomic E-state index is 11.9. The van der Waals surface area contributed by atoms with Crippen LogP contribution in [0.15, 0.2) is 4.79 Å². The molecule has 1 aliphatic heterocycles. The summed E-state index contributed by atoms with van der Waals surface area (Å²) in [5, 5.41) is 7.42. The first-order valence-electron chi connectivity index (χ1n) is 7.70. The van der Waals surface area contributed by atoms with Gasteiger partial charge in [-0.2, -0.15) is 0 Å². The topological polar surface area (TPSA) is 86.3 Å². The van der Waals surface area contributed by atoms with E-state index in [0.717, 1.165) is 37.1 Å². The molecule has 0 bridgehead atoms. The van der Waals surface area contributed by atoms with Crippen molar-refractivity contribution in [2.75, 3.05) is 0 Å². The number of nitrogens with one attached hydrogen (secondary N) is 1. The number of hydrogen-bond donors (Lipinski definition) is 2. The second-order valence-electron chi connectivity index (χ2n) is 7.06. The van der Waals surface area contributed by atoms with Gasteiger partial charge in [0.2, 0.25) is 0 Å². The third-order valence-corrected chi connectivity index (χ3v) is 4.39. The van der Waals surface area contributed by atoms with Crippen LogP contribution in [0.4, 0.5) is 0 Å². The summed E-state index contributed by atoms with van der Waals surface area (Å²) in [6.07, 6.45) is 3.77. The van der Waals surface area contributed by atoms with Crippen molar-refractivity contribution in [1.82, 2.24) is 14.9 Å². The summed E-state index contributed by atoms with van der Waals surface area (Å²) in [6.45, 7) is 9.24. The number of fused-ring (bicyclic) bond motifs is 1. The Kier molecular flexibility index (Phi) is 4.70. The van der Waals surface area contributed by atoms with Gasteiger partial charge in [-0.15, -0.1) is 0 Å². The van der Waals surface area contributed by atoms with Crippen LogP contribution in [0.3, 0.4) is 0 Å². The third-order valence-electron chi connectivity index (χ3n) is 4.39. The lowest BCUT2D eigenvalue weighted by Crippen LogP contribution is -2.29. The fraction of sp³-hybridized carbons (Fsp3) is 0.688. The van der Waals surface area contributed by atoms with Gasteiger partial charge in [-0.05, 0) is 31.6 Å². The average molecular weight is 307 g/mol. The lowest BCUT2D eigenvalue weighted by molar-refractivity contribution is -0.134. The van der Waals surface area contributed by atoms with Gasteiger partial charge >= 0.3 is 0 Å². The van der Waals surface area contributed by atoms with Gasteiger partial charge in [0.05, 0.1) is 11.3 Å². The summed E-state index contributed by atoms with van der Waals surface area (Å²) in [5.41, 5.74) is 2.37. The van der Waals surface area contributed by atoms with E-state index in [1.165, 1.54) is 19.3 Å². The number of aliphatic carboxylic acids is 1. The molecule has 6 heteroatoms. The molecule has 2 heterocycles. The number of carboxylic acid groups (broad SMARTS) is 1. The molecule has 1 aromatic heterocycles. The molecule has 3 rings (SSSR count). The highest BCUT2D eigenvalue weighted by Gasteiger charge is 2.37. The Hall–Kier alpha value is -1.69. The van der Waals surface area contributed by atoms with Crippen LogP contribution in [0.1, 0.15) is 57.1 Å². The minimum absolute atomic E-state index is 0.0530. The van der Waals surface area contributed by atoms with E-state index < -0.39 is 5.97 Å². The number of rotatable bonds is 1. The Morgan fingerprint density at radius 2 is 2.05 bits per heavy atom. The van der Waals surface area contributed by atoms with Gasteiger partial charge in [-0.1, -0.05) is 13.8 Å². The second kappa shape index (κ2) is 6.20. The van der Waals surface area contributed by atoms with Crippen LogP contribution in [0, 0.1) is 12.3 Å². The first kappa shape index (κ1) is 16.7. The second-order valence-corrected chi connectivity index (χ2v) is 7.06. The van der Waals surface area contributed by atoms with Gasteiger partial charge in [0.1, 0.15) is 5.82 Å². The normalized spacial score (nSPS) is 22.8. The van der Waals surface area contributed by atoms with Gasteiger partial charge in [0, 0.05) is 26.1 Å². The smallest absolute Gasteiger partial charge is 0.300 e. The number of aromatic nitrogens is 2. The summed E-state index contributed by atoms with van der Waals surface area (Å²) in [6, 6.07) is 0.619. The van der Waals surface area contributed by atoms with Crippen molar-refractivity contribution in [2.24, 2.45) is 5.41 Å². The summed E-state index contributed by atoms with van der Waals surface area (Å²) in [4.78, 5) is 30.6. The number of aryl methyl sites for hydroxylation is 1. The molecular formula is C16H25N3O3. The molecule has 1 saturated carbocycles. The predicted molar refractivity (Wildman–Crippen MR) is 83.6 cm³/mol. The zero-order chi connectivity index (χ0) is 16.5. The quantitative estimate of drug-likeness (QED) is 0.829. The van der Waals surface area contributed by atoms with Gasteiger partial charge < -0.3 is 10.1 Å². The molecule has 0 saturated heterocycles. The van der Waals surface area contributed by atoms with E-state index >= 15 is 0 Å². The maximum atomic E-state index is 11.9. The minimum atomic E-state index is -0.833. The molecule has 122 valence electrons. The average Bonchev–Trinajstić information content (AvgIpc) is 2.91. The van der Waals surface area contributed by atoms with E-state index in [0.29, 0.717) is 11.5 Å². The van der Waals surface area contributed by atoms with Crippen LogP contribution >= 0.6 is 0 Å². The summed E-state index contributed by atoms with van der Waals surface area (Å²) >= 11 is 0. The van der Waals surface area contributed by atoms with Crippen molar-refractivity contribution in [3.05, 3.63) is 27.4 Å². The summed E-state index contributed by atoms with van der Waals surface area (Å²) in [5.74, 6) is -0.104. The van der Waals surface area contributed by atoms with E-state index in [9.17, 15) is 4.79 Å². The number of carboxylic acids is 1. The summed E-state index contributed by atoms with van der Waals surface area (Å²) < 4.78 is 0. The van der Waals surface area contributed by atoms with E-state index in [1.807, 2.05) is 6.92 Å². The van der Waals surface area contributed by atoms with Crippen LogP contribution in [0.2, 0.25) is 0 Å². The maximum Gasteiger partial charge on any atom is 0.300 e. The highest BCUT2D eigenvalue weighted by atomic mass is 16.4. The molecule has 1 unspecified atom stereocenters. The lowest BCUT2D eigenvalue weighted by Gasteiger charge is -2.24. The number of hydrogen-bond acceptors (Lipinski definition) is 4. The van der Waals surface area contributed by atoms with Crippen LogP contribution in [0.5, 0.6) is 0 Å². The van der Waals surface area contributed by atoms with Gasteiger partial charge in [-0.25, -0.2) is 4.98 Å². The molecule has 2 N–H and O–H groups in total. The molecule has 22 heavy (non-hydrogen) atoms. The number of aromatic amines is 1. The zero-order valence-electron chi connectivity index (χ0n) is 13.8. The van der Waals surface area contributed by atoms with Crippen LogP contribution in [0.25, 0.3) is 0 Å². The Balaban J connectivity index is 0.000000396. The molecule has 6 nitrogen and oxygen atoms in total. The largest absolute Gasteiger partial charge is 0.481 e. The Bertz CT molecular complexity index is 618. The Morgan fingerprint density at radius 3 is 2.59 bits per heavy atom. The van der Waals surface area contributed by atoms with Crippen molar-refractivity contribution in [1.29, 1.82) is 0 Å². The molecule has 0 amide bonds. The minimum Gasteiger partial charge on any atom is -0.481 e. The molecule has 1 aromatic rings. The highest BCUT2D eigenvalue weighted by Crippen LogP contribution is 2.41. The van der Waals surface area contributed by atoms with Crippen molar-refractivity contribution in [3.8, 4) is 0 Å². The zero-order valence-corrected chi connectivity index (χ0v) is 13.8.